The molecule has 6 heteroatoms. The molecule has 0 aromatic carbocycles. The molecule has 0 unspecified atom stereocenters. The van der Waals surface area contributed by atoms with Crippen LogP contribution in [0, 0.1) is 5.92 Å². The largest absolute Gasteiger partial charge is 0.379 e. The van der Waals surface area contributed by atoms with Crippen LogP contribution < -0.4 is 0 Å². The molecule has 0 aliphatic carbocycles. The molecule has 6 nitrogen and oxygen atoms in total. The number of hydrogen-bond donors (Lipinski definition) is 0. The Morgan fingerprint density at radius 3 is 2.67 bits per heavy atom. The van der Waals surface area contributed by atoms with Crippen LogP contribution in [-0.2, 0) is 17.7 Å². The predicted molar refractivity (Wildman–Crippen MR) is 90.4 cm³/mol. The van der Waals surface area contributed by atoms with E-state index in [0.717, 1.165) is 31.2 Å². The number of pyridine rings is 1. The molecule has 0 N–H and O–H groups in total. The third-order valence-corrected chi connectivity index (χ3v) is 4.69. The van der Waals surface area contributed by atoms with E-state index in [1.165, 1.54) is 5.56 Å². The van der Waals surface area contributed by atoms with E-state index in [-0.39, 0.29) is 6.04 Å². The van der Waals surface area contributed by atoms with Crippen LogP contribution in [0.4, 0.5) is 0 Å². The van der Waals surface area contributed by atoms with Crippen LogP contribution in [0.15, 0.2) is 49.3 Å². The van der Waals surface area contributed by atoms with Crippen molar-refractivity contribution < 1.29 is 4.74 Å². The average molecular weight is 323 g/mol. The second-order valence-corrected chi connectivity index (χ2v) is 6.12. The first-order chi connectivity index (χ1) is 11.9. The molecule has 1 aliphatic heterocycles. The van der Waals surface area contributed by atoms with Crippen molar-refractivity contribution in [2.75, 3.05) is 13.2 Å². The summed E-state index contributed by atoms with van der Waals surface area (Å²) < 4.78 is 10.2. The zero-order valence-electron chi connectivity index (χ0n) is 13.7. The van der Waals surface area contributed by atoms with Crippen LogP contribution in [0.3, 0.4) is 0 Å². The number of ether oxygens (including phenoxy) is 1. The highest BCUT2D eigenvalue weighted by atomic mass is 16.5. The second-order valence-electron chi connectivity index (χ2n) is 6.12. The molecule has 3 aromatic heterocycles. The molecule has 4 rings (SSSR count). The van der Waals surface area contributed by atoms with Crippen LogP contribution in [-0.4, -0.2) is 37.3 Å². The van der Waals surface area contributed by atoms with Gasteiger partial charge in [-0.15, -0.1) is 0 Å². The van der Waals surface area contributed by atoms with Crippen molar-refractivity contribution in [2.24, 2.45) is 5.92 Å². The molecular formula is C18H21N5O. The summed E-state index contributed by atoms with van der Waals surface area (Å²) in [7, 11) is 0. The highest BCUT2D eigenvalue weighted by Crippen LogP contribution is 2.32. The van der Waals surface area contributed by atoms with Gasteiger partial charge >= 0.3 is 0 Å². The molecule has 1 aliphatic rings. The van der Waals surface area contributed by atoms with Crippen LogP contribution >= 0.6 is 0 Å². The molecule has 24 heavy (non-hydrogen) atoms. The van der Waals surface area contributed by atoms with Gasteiger partial charge in [-0.1, -0.05) is 0 Å². The van der Waals surface area contributed by atoms with Crippen LogP contribution in [0.5, 0.6) is 0 Å². The maximum Gasteiger partial charge on any atom is 0.176 e. The van der Waals surface area contributed by atoms with Gasteiger partial charge in [-0.05, 0) is 31.0 Å². The van der Waals surface area contributed by atoms with Crippen molar-refractivity contribution in [1.82, 2.24) is 24.1 Å². The summed E-state index contributed by atoms with van der Waals surface area (Å²) in [6, 6.07) is 4.43. The van der Waals surface area contributed by atoms with Gasteiger partial charge in [-0.25, -0.2) is 9.97 Å². The lowest BCUT2D eigenvalue weighted by molar-refractivity contribution is 0.181. The van der Waals surface area contributed by atoms with Crippen molar-refractivity contribution >= 4 is 0 Å². The van der Waals surface area contributed by atoms with Crippen molar-refractivity contribution in [3.63, 3.8) is 0 Å². The maximum atomic E-state index is 5.80. The lowest BCUT2D eigenvalue weighted by atomic mass is 9.95. The lowest BCUT2D eigenvalue weighted by Crippen LogP contribution is -2.20. The minimum atomic E-state index is 0.276. The van der Waals surface area contributed by atoms with E-state index >= 15 is 0 Å². The Labute approximate surface area is 141 Å². The first-order valence-electron chi connectivity index (χ1n) is 8.37. The Hall–Kier alpha value is -2.47. The highest BCUT2D eigenvalue weighted by molar-refractivity contribution is 5.45. The summed E-state index contributed by atoms with van der Waals surface area (Å²) in [6.45, 7) is 4.48. The van der Waals surface area contributed by atoms with E-state index in [0.29, 0.717) is 12.5 Å². The molecule has 0 spiro atoms. The lowest BCUT2D eigenvalue weighted by Gasteiger charge is -2.21. The Balaban J connectivity index is 1.63. The van der Waals surface area contributed by atoms with Crippen LogP contribution in [0.1, 0.15) is 18.5 Å². The SMILES string of the molecule is CCn1ccnc1-c1nccn1[C@@H]1COC[C@H]1Cc1ccncc1. The molecule has 0 amide bonds. The number of rotatable bonds is 5. The first kappa shape index (κ1) is 15.1. The molecular weight excluding hydrogens is 302 g/mol. The predicted octanol–water partition coefficient (Wildman–Crippen LogP) is 2.59. The normalized spacial score (nSPS) is 20.5. The molecule has 1 fully saturated rings. The quantitative estimate of drug-likeness (QED) is 0.724. The highest BCUT2D eigenvalue weighted by Gasteiger charge is 2.31. The molecule has 0 radical (unpaired) electrons. The summed E-state index contributed by atoms with van der Waals surface area (Å²) >= 11 is 0. The van der Waals surface area contributed by atoms with E-state index in [9.17, 15) is 0 Å². The van der Waals surface area contributed by atoms with E-state index in [1.807, 2.05) is 37.2 Å². The molecule has 124 valence electrons. The van der Waals surface area contributed by atoms with Gasteiger partial charge < -0.3 is 13.9 Å². The Kier molecular flexibility index (Phi) is 4.13. The Bertz CT molecular complexity index is 795. The monoisotopic (exact) mass is 323 g/mol. The smallest absolute Gasteiger partial charge is 0.176 e. The fraction of sp³-hybridized carbons (Fsp3) is 0.389. The van der Waals surface area contributed by atoms with Gasteiger partial charge in [0.15, 0.2) is 11.6 Å². The molecule has 3 aromatic rings. The van der Waals surface area contributed by atoms with Gasteiger partial charge in [0.1, 0.15) is 0 Å². The van der Waals surface area contributed by atoms with E-state index in [1.54, 1.807) is 0 Å². The summed E-state index contributed by atoms with van der Waals surface area (Å²) in [5.74, 6) is 2.25. The average Bonchev–Trinajstić information content (AvgIpc) is 3.34. The summed E-state index contributed by atoms with van der Waals surface area (Å²) in [5.41, 5.74) is 1.29. The van der Waals surface area contributed by atoms with Gasteiger partial charge in [0.05, 0.1) is 19.3 Å². The second kappa shape index (κ2) is 6.57. The van der Waals surface area contributed by atoms with Crippen LogP contribution in [0.2, 0.25) is 0 Å². The number of aryl methyl sites for hydroxylation is 1. The molecule has 1 saturated heterocycles. The van der Waals surface area contributed by atoms with E-state index in [4.69, 9.17) is 4.74 Å². The zero-order chi connectivity index (χ0) is 16.4. The van der Waals surface area contributed by atoms with Gasteiger partial charge in [-0.2, -0.15) is 0 Å². The fourth-order valence-electron chi connectivity index (χ4n) is 3.44. The minimum Gasteiger partial charge on any atom is -0.379 e. The van der Waals surface area contributed by atoms with E-state index < -0.39 is 0 Å². The topological polar surface area (TPSA) is 57.8 Å². The van der Waals surface area contributed by atoms with Gasteiger partial charge in [0.2, 0.25) is 0 Å². The number of aromatic nitrogens is 5. The minimum absolute atomic E-state index is 0.276. The third kappa shape index (κ3) is 2.73. The third-order valence-electron chi connectivity index (χ3n) is 4.69. The Morgan fingerprint density at radius 1 is 1.04 bits per heavy atom. The van der Waals surface area contributed by atoms with Crippen LogP contribution in [0.25, 0.3) is 11.6 Å². The van der Waals surface area contributed by atoms with Gasteiger partial charge in [0, 0.05) is 49.6 Å². The van der Waals surface area contributed by atoms with Gasteiger partial charge in [0.25, 0.3) is 0 Å². The van der Waals surface area contributed by atoms with Gasteiger partial charge in [-0.3, -0.25) is 4.98 Å². The standard InChI is InChI=1S/C18H21N5O/c1-2-22-9-7-20-17(22)18-21-8-10-23(18)16-13-24-12-15(16)11-14-3-5-19-6-4-14/h3-10,15-16H,2,11-13H2,1H3/t15-,16-/m1/s1. The zero-order valence-corrected chi connectivity index (χ0v) is 13.7. The maximum absolute atomic E-state index is 5.80. The van der Waals surface area contributed by atoms with Crippen molar-refractivity contribution in [2.45, 2.75) is 25.9 Å². The number of nitrogens with zero attached hydrogens (tertiary/aromatic N) is 5. The van der Waals surface area contributed by atoms with Crippen molar-refractivity contribution in [3.8, 4) is 11.6 Å². The molecule has 4 heterocycles. The number of imidazole rings is 2. The fourth-order valence-corrected chi connectivity index (χ4v) is 3.44. The number of hydrogen-bond acceptors (Lipinski definition) is 4. The van der Waals surface area contributed by atoms with Crippen molar-refractivity contribution in [3.05, 3.63) is 54.9 Å². The molecule has 0 saturated carbocycles. The van der Waals surface area contributed by atoms with E-state index in [2.05, 4.69) is 43.1 Å². The molecule has 0 bridgehead atoms. The molecule has 2 atom stereocenters. The van der Waals surface area contributed by atoms with Crippen molar-refractivity contribution in [1.29, 1.82) is 0 Å². The Morgan fingerprint density at radius 2 is 1.83 bits per heavy atom. The summed E-state index contributed by atoms with van der Waals surface area (Å²) in [5, 5.41) is 0. The summed E-state index contributed by atoms with van der Waals surface area (Å²) in [4.78, 5) is 13.2. The summed E-state index contributed by atoms with van der Waals surface area (Å²) in [6.07, 6.45) is 12.4. The first-order valence-corrected chi connectivity index (χ1v) is 8.37.